The van der Waals surface area contributed by atoms with Crippen LogP contribution in [-0.2, 0) is 44.8 Å². The smallest absolute Gasteiger partial charge is 0.326 e. The molecule has 17 heteroatoms. The number of benzene rings is 1. The first kappa shape index (κ1) is 44.0. The summed E-state index contributed by atoms with van der Waals surface area (Å²) in [5.41, 5.74) is 11.7. The van der Waals surface area contributed by atoms with Crippen molar-refractivity contribution >= 4 is 47.4 Å². The quantitative estimate of drug-likeness (QED) is 0.0682. The van der Waals surface area contributed by atoms with Crippen LogP contribution >= 0.6 is 0 Å². The Hall–Kier alpha value is -5.06. The maximum Gasteiger partial charge on any atom is 0.326 e. The summed E-state index contributed by atoms with van der Waals surface area (Å²) in [7, 11) is 0. The fourth-order valence-electron chi connectivity index (χ4n) is 4.96. The van der Waals surface area contributed by atoms with Crippen LogP contribution in [0.5, 0.6) is 0 Å². The van der Waals surface area contributed by atoms with E-state index in [0.717, 1.165) is 0 Å². The molecule has 0 unspecified atom stereocenters. The minimum absolute atomic E-state index is 0.0420. The lowest BCUT2D eigenvalue weighted by Crippen LogP contribution is -2.59. The van der Waals surface area contributed by atoms with Crippen LogP contribution in [0.3, 0.4) is 0 Å². The summed E-state index contributed by atoms with van der Waals surface area (Å²) in [6.45, 7) is 8.64. The van der Waals surface area contributed by atoms with Crippen molar-refractivity contribution in [2.75, 3.05) is 0 Å². The SMILES string of the molecule is CC(C)C[C@H](NC(=O)[C@H](C)NC(=O)[C@H](CCC(=O)O)NC(=O)[C@@H](N)CC(C)C)C(=O)N[C@@H](Cc1ccccc1)C(=O)N[C@@H](CCC(N)=O)C(=O)O. The average Bonchev–Trinajstić information content (AvgIpc) is 3.03. The Morgan fingerprint density at radius 3 is 1.63 bits per heavy atom. The highest BCUT2D eigenvalue weighted by atomic mass is 16.4. The number of amides is 6. The Morgan fingerprint density at radius 2 is 1.10 bits per heavy atom. The number of carboxylic acids is 2. The molecule has 11 N–H and O–H groups in total. The van der Waals surface area contributed by atoms with Gasteiger partial charge in [0.05, 0.1) is 6.04 Å². The molecular formula is C34H53N7O10. The zero-order valence-electron chi connectivity index (χ0n) is 29.8. The number of nitrogens with one attached hydrogen (secondary N) is 5. The summed E-state index contributed by atoms with van der Waals surface area (Å²) < 4.78 is 0. The van der Waals surface area contributed by atoms with E-state index in [-0.39, 0.29) is 43.9 Å². The zero-order chi connectivity index (χ0) is 38.8. The molecule has 1 rings (SSSR count). The van der Waals surface area contributed by atoms with Crippen LogP contribution < -0.4 is 38.1 Å². The number of hydrogen-bond donors (Lipinski definition) is 9. The van der Waals surface area contributed by atoms with Gasteiger partial charge < -0.3 is 48.3 Å². The molecule has 0 aliphatic rings. The maximum absolute atomic E-state index is 13.6. The van der Waals surface area contributed by atoms with Crippen LogP contribution in [0.2, 0.25) is 0 Å². The second-order valence-electron chi connectivity index (χ2n) is 13.3. The first-order valence-electron chi connectivity index (χ1n) is 16.8. The summed E-state index contributed by atoms with van der Waals surface area (Å²) in [6.07, 6.45) is -0.916. The molecule has 0 aliphatic carbocycles. The summed E-state index contributed by atoms with van der Waals surface area (Å²) >= 11 is 0. The summed E-state index contributed by atoms with van der Waals surface area (Å²) in [5.74, 6) is -7.31. The van der Waals surface area contributed by atoms with Gasteiger partial charge >= 0.3 is 11.9 Å². The summed E-state index contributed by atoms with van der Waals surface area (Å²) in [6, 6.07) is 1.12. The van der Waals surface area contributed by atoms with E-state index in [4.69, 9.17) is 16.6 Å². The highest BCUT2D eigenvalue weighted by molar-refractivity contribution is 5.96. The Kier molecular flexibility index (Phi) is 18.9. The van der Waals surface area contributed by atoms with Crippen molar-refractivity contribution < 1.29 is 48.6 Å². The van der Waals surface area contributed by atoms with E-state index in [2.05, 4.69) is 26.6 Å². The van der Waals surface area contributed by atoms with Crippen LogP contribution in [0, 0.1) is 11.8 Å². The molecule has 1 aromatic carbocycles. The van der Waals surface area contributed by atoms with Gasteiger partial charge in [0.1, 0.15) is 30.2 Å². The third-order valence-corrected chi connectivity index (χ3v) is 7.64. The zero-order valence-corrected chi connectivity index (χ0v) is 29.8. The van der Waals surface area contributed by atoms with Crippen molar-refractivity contribution in [1.29, 1.82) is 0 Å². The van der Waals surface area contributed by atoms with Gasteiger partial charge in [0.25, 0.3) is 0 Å². The fraction of sp³-hybridized carbons (Fsp3) is 0.588. The van der Waals surface area contributed by atoms with Crippen molar-refractivity contribution in [3.63, 3.8) is 0 Å². The van der Waals surface area contributed by atoms with Crippen LogP contribution in [0.25, 0.3) is 0 Å². The molecule has 1 aromatic rings. The molecule has 17 nitrogen and oxygen atoms in total. The van der Waals surface area contributed by atoms with Gasteiger partial charge in [-0.05, 0) is 50.0 Å². The van der Waals surface area contributed by atoms with Gasteiger partial charge in [-0.3, -0.25) is 33.6 Å². The lowest BCUT2D eigenvalue weighted by molar-refractivity contribution is -0.142. The van der Waals surface area contributed by atoms with E-state index >= 15 is 0 Å². The standard InChI is InChI=1S/C34H53N7O10/c1-18(2)15-22(35)30(46)38-23(12-14-28(43)44)31(47)37-20(5)29(45)40-25(16-19(3)4)32(48)41-26(17-21-9-7-6-8-10-21)33(49)39-24(34(50)51)11-13-27(36)42/h6-10,18-20,22-26H,11-17,35H2,1-5H3,(H2,36,42)(H,37,47)(H,38,46)(H,39,49)(H,40,45)(H,41,48)(H,43,44)(H,50,51)/t20-,22-,23-,24-,25-,26-/m0/s1. The lowest BCUT2D eigenvalue weighted by atomic mass is 10.0. The van der Waals surface area contributed by atoms with Crippen LogP contribution in [0.15, 0.2) is 30.3 Å². The number of nitrogens with two attached hydrogens (primary N) is 2. The second kappa shape index (κ2) is 21.9. The molecule has 51 heavy (non-hydrogen) atoms. The highest BCUT2D eigenvalue weighted by Gasteiger charge is 2.32. The Balaban J connectivity index is 3.16. The van der Waals surface area contributed by atoms with Crippen molar-refractivity contribution in [1.82, 2.24) is 26.6 Å². The van der Waals surface area contributed by atoms with E-state index in [9.17, 15) is 43.5 Å². The molecule has 0 aromatic heterocycles. The van der Waals surface area contributed by atoms with Crippen LogP contribution in [-0.4, -0.2) is 93.8 Å². The second-order valence-corrected chi connectivity index (χ2v) is 13.3. The van der Waals surface area contributed by atoms with Crippen LogP contribution in [0.1, 0.15) is 78.7 Å². The van der Waals surface area contributed by atoms with Gasteiger partial charge in [0.15, 0.2) is 0 Å². The van der Waals surface area contributed by atoms with Crippen LogP contribution in [0.4, 0.5) is 0 Å². The number of aliphatic carboxylic acids is 2. The summed E-state index contributed by atoms with van der Waals surface area (Å²) in [5, 5.41) is 31.2. The molecule has 0 radical (unpaired) electrons. The predicted molar refractivity (Wildman–Crippen MR) is 185 cm³/mol. The molecule has 0 saturated heterocycles. The molecule has 6 atom stereocenters. The number of carboxylic acid groups (broad SMARTS) is 2. The first-order chi connectivity index (χ1) is 23.8. The van der Waals surface area contributed by atoms with Crippen molar-refractivity contribution in [3.05, 3.63) is 35.9 Å². The third kappa shape index (κ3) is 17.4. The minimum Gasteiger partial charge on any atom is -0.481 e. The molecule has 0 heterocycles. The molecule has 0 fully saturated rings. The monoisotopic (exact) mass is 719 g/mol. The predicted octanol–water partition coefficient (Wildman–Crippen LogP) is -0.693. The fourth-order valence-corrected chi connectivity index (χ4v) is 4.96. The molecule has 6 amide bonds. The normalized spacial score (nSPS) is 14.6. The maximum atomic E-state index is 13.6. The van der Waals surface area contributed by atoms with E-state index in [1.165, 1.54) is 6.92 Å². The number of hydrogen-bond acceptors (Lipinski definition) is 9. The number of rotatable bonds is 23. The molecule has 0 bridgehead atoms. The molecular weight excluding hydrogens is 666 g/mol. The average molecular weight is 720 g/mol. The molecule has 0 saturated carbocycles. The minimum atomic E-state index is -1.47. The number of carbonyl (C=O) groups excluding carboxylic acids is 6. The third-order valence-electron chi connectivity index (χ3n) is 7.64. The number of carbonyl (C=O) groups is 8. The Morgan fingerprint density at radius 1 is 0.608 bits per heavy atom. The van der Waals surface area contributed by atoms with Gasteiger partial charge in [-0.15, -0.1) is 0 Å². The van der Waals surface area contributed by atoms with Gasteiger partial charge in [-0.2, -0.15) is 0 Å². The topological polar surface area (TPSA) is 289 Å². The van der Waals surface area contributed by atoms with Crippen molar-refractivity contribution in [2.45, 2.75) is 116 Å². The first-order valence-corrected chi connectivity index (χ1v) is 16.8. The lowest BCUT2D eigenvalue weighted by Gasteiger charge is -2.27. The van der Waals surface area contributed by atoms with Gasteiger partial charge in [0.2, 0.25) is 35.4 Å². The van der Waals surface area contributed by atoms with Gasteiger partial charge in [0, 0.05) is 19.3 Å². The highest BCUT2D eigenvalue weighted by Crippen LogP contribution is 2.10. The van der Waals surface area contributed by atoms with Crippen molar-refractivity contribution in [2.24, 2.45) is 23.3 Å². The van der Waals surface area contributed by atoms with Crippen molar-refractivity contribution in [3.8, 4) is 0 Å². The van der Waals surface area contributed by atoms with Gasteiger partial charge in [-0.1, -0.05) is 58.0 Å². The Labute approximate surface area is 297 Å². The molecule has 0 aliphatic heterocycles. The number of primary amides is 1. The van der Waals surface area contributed by atoms with E-state index in [1.807, 2.05) is 13.8 Å². The largest absolute Gasteiger partial charge is 0.481 e. The van der Waals surface area contributed by atoms with Gasteiger partial charge in [-0.25, -0.2) is 4.79 Å². The Bertz CT molecular complexity index is 1370. The molecule has 284 valence electrons. The van der Waals surface area contributed by atoms with E-state index in [1.54, 1.807) is 44.2 Å². The van der Waals surface area contributed by atoms with E-state index < -0.39 is 90.1 Å². The summed E-state index contributed by atoms with van der Waals surface area (Å²) in [4.78, 5) is 100. The molecule has 0 spiro atoms. The van der Waals surface area contributed by atoms with E-state index in [0.29, 0.717) is 12.0 Å².